The van der Waals surface area contributed by atoms with E-state index in [9.17, 15) is 9.50 Å². The predicted octanol–water partition coefficient (Wildman–Crippen LogP) is 3.14. The topological polar surface area (TPSA) is 32.7 Å². The fourth-order valence-corrected chi connectivity index (χ4v) is 3.53. The monoisotopic (exact) mass is 315 g/mol. The zero-order chi connectivity index (χ0) is 16.4. The summed E-state index contributed by atoms with van der Waals surface area (Å²) < 4.78 is 19.8. The largest absolute Gasteiger partial charge is 0.496 e. The van der Waals surface area contributed by atoms with Gasteiger partial charge in [-0.2, -0.15) is 0 Å². The van der Waals surface area contributed by atoms with Gasteiger partial charge < -0.3 is 14.7 Å². The lowest BCUT2D eigenvalue weighted by atomic mass is 9.72. The van der Waals surface area contributed by atoms with E-state index in [4.69, 9.17) is 4.74 Å². The first-order chi connectivity index (χ1) is 11.1. The molecule has 1 aliphatic heterocycles. The summed E-state index contributed by atoms with van der Waals surface area (Å²) in [6.45, 7) is 1.34. The third-order valence-corrected chi connectivity index (χ3v) is 4.80. The summed E-state index contributed by atoms with van der Waals surface area (Å²) in [5.74, 6) is 0.0146. The van der Waals surface area contributed by atoms with E-state index in [0.29, 0.717) is 24.3 Å². The van der Waals surface area contributed by atoms with E-state index >= 15 is 0 Å². The maximum Gasteiger partial charge on any atom is 0.126 e. The van der Waals surface area contributed by atoms with Gasteiger partial charge >= 0.3 is 0 Å². The van der Waals surface area contributed by atoms with Crippen molar-refractivity contribution in [3.63, 3.8) is 0 Å². The van der Waals surface area contributed by atoms with Crippen LogP contribution in [0, 0.1) is 5.82 Å². The number of likely N-dealkylation sites (tertiary alicyclic amines) is 1. The van der Waals surface area contributed by atoms with Crippen LogP contribution in [0.15, 0.2) is 48.5 Å². The molecule has 2 aromatic rings. The van der Waals surface area contributed by atoms with Crippen LogP contribution in [-0.4, -0.2) is 37.3 Å². The minimum absolute atomic E-state index is 0.277. The minimum Gasteiger partial charge on any atom is -0.496 e. The zero-order valence-corrected chi connectivity index (χ0v) is 13.5. The minimum atomic E-state index is -1.15. The lowest BCUT2D eigenvalue weighted by molar-refractivity contribution is -0.0442. The van der Waals surface area contributed by atoms with Gasteiger partial charge in [-0.1, -0.05) is 36.4 Å². The highest BCUT2D eigenvalue weighted by Crippen LogP contribution is 2.46. The summed E-state index contributed by atoms with van der Waals surface area (Å²) in [4.78, 5) is 2.13. The highest BCUT2D eigenvalue weighted by atomic mass is 19.1. The van der Waals surface area contributed by atoms with E-state index in [-0.39, 0.29) is 11.7 Å². The number of hydrogen-bond donors (Lipinski definition) is 1. The van der Waals surface area contributed by atoms with E-state index < -0.39 is 5.60 Å². The van der Waals surface area contributed by atoms with Crippen molar-refractivity contribution in [1.29, 1.82) is 0 Å². The van der Waals surface area contributed by atoms with Crippen LogP contribution in [0.5, 0.6) is 5.75 Å². The highest BCUT2D eigenvalue weighted by Gasteiger charge is 2.45. The van der Waals surface area contributed by atoms with Crippen molar-refractivity contribution in [3.05, 3.63) is 65.5 Å². The van der Waals surface area contributed by atoms with Gasteiger partial charge in [0, 0.05) is 24.6 Å². The number of benzene rings is 2. The van der Waals surface area contributed by atoms with Crippen molar-refractivity contribution >= 4 is 0 Å². The van der Waals surface area contributed by atoms with Gasteiger partial charge in [0.25, 0.3) is 0 Å². The molecule has 4 heteroatoms. The summed E-state index contributed by atoms with van der Waals surface area (Å²) >= 11 is 0. The number of nitrogens with zero attached hydrogens (tertiary/aromatic N) is 1. The summed E-state index contributed by atoms with van der Waals surface area (Å²) in [6, 6.07) is 14.2. The highest BCUT2D eigenvalue weighted by molar-refractivity contribution is 5.42. The van der Waals surface area contributed by atoms with E-state index in [1.165, 1.54) is 6.07 Å². The van der Waals surface area contributed by atoms with Crippen LogP contribution in [0.4, 0.5) is 4.39 Å². The average molecular weight is 315 g/mol. The molecule has 0 amide bonds. The molecule has 3 rings (SSSR count). The summed E-state index contributed by atoms with van der Waals surface area (Å²) in [7, 11) is 3.59. The Bertz CT molecular complexity index is 691. The molecule has 2 unspecified atom stereocenters. The number of para-hydroxylation sites is 1. The average Bonchev–Trinajstić information content (AvgIpc) is 2.58. The quantitative estimate of drug-likeness (QED) is 0.944. The van der Waals surface area contributed by atoms with E-state index in [2.05, 4.69) is 4.90 Å². The van der Waals surface area contributed by atoms with Crippen molar-refractivity contribution in [3.8, 4) is 5.75 Å². The van der Waals surface area contributed by atoms with E-state index in [1.54, 1.807) is 19.2 Å². The third kappa shape index (κ3) is 2.84. The Hall–Kier alpha value is -1.91. The maximum atomic E-state index is 14.4. The summed E-state index contributed by atoms with van der Waals surface area (Å²) in [6.07, 6.45) is 0.531. The SMILES string of the molecule is COc1ccccc1C1(O)CCN(C)CC1c1ccccc1F. The molecule has 1 aliphatic rings. The standard InChI is InChI=1S/C19H22FNO2/c1-21-12-11-19(22,15-8-4-6-10-18(15)23-2)16(13-21)14-7-3-5-9-17(14)20/h3-10,16,22H,11-13H2,1-2H3. The van der Waals surface area contributed by atoms with Crippen molar-refractivity contribution < 1.29 is 14.2 Å². The second-order valence-corrected chi connectivity index (χ2v) is 6.21. The molecule has 0 spiro atoms. The number of hydrogen-bond acceptors (Lipinski definition) is 3. The molecule has 1 heterocycles. The zero-order valence-electron chi connectivity index (χ0n) is 13.5. The van der Waals surface area contributed by atoms with Gasteiger partial charge in [-0.05, 0) is 31.2 Å². The van der Waals surface area contributed by atoms with Crippen molar-refractivity contribution in [2.45, 2.75) is 17.9 Å². The molecular formula is C19H22FNO2. The molecule has 2 atom stereocenters. The van der Waals surface area contributed by atoms with Crippen LogP contribution in [0.2, 0.25) is 0 Å². The lowest BCUT2D eigenvalue weighted by Crippen LogP contribution is -2.47. The molecule has 122 valence electrons. The molecule has 2 aromatic carbocycles. The van der Waals surface area contributed by atoms with Crippen LogP contribution >= 0.6 is 0 Å². The molecule has 23 heavy (non-hydrogen) atoms. The first-order valence-electron chi connectivity index (χ1n) is 7.85. The smallest absolute Gasteiger partial charge is 0.126 e. The predicted molar refractivity (Wildman–Crippen MR) is 88.1 cm³/mol. The molecule has 3 nitrogen and oxygen atoms in total. The normalized spacial score (nSPS) is 25.3. The van der Waals surface area contributed by atoms with Gasteiger partial charge in [0.2, 0.25) is 0 Å². The Morgan fingerprint density at radius 3 is 2.61 bits per heavy atom. The molecule has 0 radical (unpaired) electrons. The van der Waals surface area contributed by atoms with Gasteiger partial charge in [0.05, 0.1) is 7.11 Å². The van der Waals surface area contributed by atoms with Crippen molar-refractivity contribution in [2.24, 2.45) is 0 Å². The number of aliphatic hydroxyl groups is 1. The number of piperidine rings is 1. The van der Waals surface area contributed by atoms with Gasteiger partial charge in [-0.25, -0.2) is 4.39 Å². The maximum absolute atomic E-state index is 14.4. The molecule has 0 aromatic heterocycles. The van der Waals surface area contributed by atoms with Gasteiger partial charge in [0.1, 0.15) is 17.2 Å². The first kappa shape index (κ1) is 16.0. The summed E-state index contributed by atoms with van der Waals surface area (Å²) in [5, 5.41) is 11.5. The van der Waals surface area contributed by atoms with Gasteiger partial charge in [-0.3, -0.25) is 0 Å². The molecule has 0 saturated carbocycles. The van der Waals surface area contributed by atoms with Gasteiger partial charge in [-0.15, -0.1) is 0 Å². The Morgan fingerprint density at radius 2 is 1.87 bits per heavy atom. The molecule has 1 N–H and O–H groups in total. The number of methoxy groups -OCH3 is 1. The number of halogens is 1. The van der Waals surface area contributed by atoms with Crippen LogP contribution in [0.25, 0.3) is 0 Å². The second-order valence-electron chi connectivity index (χ2n) is 6.21. The van der Waals surface area contributed by atoms with E-state index in [1.807, 2.05) is 37.4 Å². The molecule has 1 saturated heterocycles. The third-order valence-electron chi connectivity index (χ3n) is 4.80. The first-order valence-corrected chi connectivity index (χ1v) is 7.85. The molecular weight excluding hydrogens is 293 g/mol. The lowest BCUT2D eigenvalue weighted by Gasteiger charge is -2.44. The molecule has 0 aliphatic carbocycles. The van der Waals surface area contributed by atoms with Crippen molar-refractivity contribution in [2.75, 3.05) is 27.2 Å². The Kier molecular flexibility index (Phi) is 4.37. The van der Waals surface area contributed by atoms with Crippen LogP contribution in [-0.2, 0) is 5.60 Å². The fourth-order valence-electron chi connectivity index (χ4n) is 3.53. The molecule has 0 bridgehead atoms. The Morgan fingerprint density at radius 1 is 1.17 bits per heavy atom. The Balaban J connectivity index is 2.12. The van der Waals surface area contributed by atoms with E-state index in [0.717, 1.165) is 12.1 Å². The number of rotatable bonds is 3. The summed E-state index contributed by atoms with van der Waals surface area (Å²) in [5.41, 5.74) is 0.123. The van der Waals surface area contributed by atoms with Crippen LogP contribution in [0.3, 0.4) is 0 Å². The van der Waals surface area contributed by atoms with Crippen molar-refractivity contribution in [1.82, 2.24) is 4.90 Å². The Labute approximate surface area is 136 Å². The number of ether oxygens (including phenoxy) is 1. The number of likely N-dealkylation sites (N-methyl/N-ethyl adjacent to an activating group) is 1. The van der Waals surface area contributed by atoms with Gasteiger partial charge in [0.15, 0.2) is 0 Å². The second kappa shape index (κ2) is 6.30. The fraction of sp³-hybridized carbons (Fsp3) is 0.368. The van der Waals surface area contributed by atoms with Crippen LogP contribution < -0.4 is 4.74 Å². The molecule has 1 fully saturated rings. The van der Waals surface area contributed by atoms with Crippen LogP contribution in [0.1, 0.15) is 23.5 Å².